The summed E-state index contributed by atoms with van der Waals surface area (Å²) in [5.74, 6) is 1.78. The van der Waals surface area contributed by atoms with Crippen LogP contribution in [-0.4, -0.2) is 14.8 Å². The van der Waals surface area contributed by atoms with E-state index in [1.165, 1.54) is 0 Å². The highest BCUT2D eigenvalue weighted by molar-refractivity contribution is 9.10. The smallest absolute Gasteiger partial charge is 0.166 e. The maximum atomic E-state index is 6.27. The van der Waals surface area contributed by atoms with Crippen molar-refractivity contribution in [2.75, 3.05) is 0 Å². The predicted octanol–water partition coefficient (Wildman–Crippen LogP) is 4.85. The minimum absolute atomic E-state index is 0.172. The van der Waals surface area contributed by atoms with E-state index in [0.717, 1.165) is 21.7 Å². The van der Waals surface area contributed by atoms with E-state index in [1.54, 1.807) is 0 Å². The van der Waals surface area contributed by atoms with Crippen molar-refractivity contribution in [2.45, 2.75) is 32.2 Å². The van der Waals surface area contributed by atoms with Crippen LogP contribution in [0.3, 0.4) is 0 Å². The van der Waals surface area contributed by atoms with Gasteiger partial charge in [-0.15, -0.1) is 21.8 Å². The van der Waals surface area contributed by atoms with Gasteiger partial charge in [0.15, 0.2) is 5.82 Å². The highest BCUT2D eigenvalue weighted by atomic mass is 79.9. The van der Waals surface area contributed by atoms with Gasteiger partial charge in [0.1, 0.15) is 5.82 Å². The van der Waals surface area contributed by atoms with Gasteiger partial charge in [0, 0.05) is 15.6 Å². The summed E-state index contributed by atoms with van der Waals surface area (Å²) < 4.78 is 2.97. The van der Waals surface area contributed by atoms with Crippen molar-refractivity contribution in [3.05, 3.63) is 33.5 Å². The summed E-state index contributed by atoms with van der Waals surface area (Å²) in [6, 6.07) is 5.67. The summed E-state index contributed by atoms with van der Waals surface area (Å²) in [6.45, 7) is 6.26. The van der Waals surface area contributed by atoms with Crippen LogP contribution in [0.2, 0.25) is 5.02 Å². The molecule has 2 aromatic rings. The lowest BCUT2D eigenvalue weighted by molar-refractivity contribution is 0.390. The molecule has 1 aromatic heterocycles. The Morgan fingerprint density at radius 2 is 1.95 bits per heavy atom. The summed E-state index contributed by atoms with van der Waals surface area (Å²) in [5, 5.41) is 9.05. The predicted molar refractivity (Wildman–Crippen MR) is 82.7 cm³/mol. The first-order valence-corrected chi connectivity index (χ1v) is 7.51. The fourth-order valence-electron chi connectivity index (χ4n) is 1.95. The molecular weight excluding hydrogens is 349 g/mol. The molecule has 0 spiro atoms. The maximum Gasteiger partial charge on any atom is 0.166 e. The van der Waals surface area contributed by atoms with E-state index in [-0.39, 0.29) is 5.54 Å². The molecule has 19 heavy (non-hydrogen) atoms. The maximum absolute atomic E-state index is 6.27. The van der Waals surface area contributed by atoms with Crippen molar-refractivity contribution < 1.29 is 0 Å². The van der Waals surface area contributed by atoms with Crippen molar-refractivity contribution in [1.29, 1.82) is 0 Å². The Balaban J connectivity index is 2.69. The number of hydrogen-bond donors (Lipinski definition) is 0. The number of alkyl halides is 1. The summed E-state index contributed by atoms with van der Waals surface area (Å²) in [6.07, 6.45) is 0. The molecule has 1 aromatic carbocycles. The fraction of sp³-hybridized carbons (Fsp3) is 0.385. The van der Waals surface area contributed by atoms with E-state index in [2.05, 4.69) is 46.9 Å². The highest BCUT2D eigenvalue weighted by Crippen LogP contribution is 2.33. The molecule has 6 heteroatoms. The summed E-state index contributed by atoms with van der Waals surface area (Å²) in [5.41, 5.74) is 0.671. The molecule has 0 saturated carbocycles. The van der Waals surface area contributed by atoms with E-state index in [4.69, 9.17) is 23.2 Å². The van der Waals surface area contributed by atoms with E-state index >= 15 is 0 Å². The Morgan fingerprint density at radius 3 is 2.53 bits per heavy atom. The standard InChI is InChI=1S/C13H14BrCl2N3/c1-13(2,3)19-11(7-15)17-18-12(19)9-6-8(14)4-5-10(9)16/h4-6H,7H2,1-3H3. The first-order valence-electron chi connectivity index (χ1n) is 5.80. The van der Waals surface area contributed by atoms with Crippen molar-refractivity contribution >= 4 is 39.1 Å². The zero-order chi connectivity index (χ0) is 14.2. The van der Waals surface area contributed by atoms with Gasteiger partial charge < -0.3 is 4.57 Å². The molecule has 0 aliphatic heterocycles. The lowest BCUT2D eigenvalue weighted by atomic mass is 10.1. The molecular formula is C13H14BrCl2N3. The second kappa shape index (κ2) is 5.43. The van der Waals surface area contributed by atoms with Crippen LogP contribution < -0.4 is 0 Å². The first-order chi connectivity index (χ1) is 8.84. The molecule has 0 fully saturated rings. The number of hydrogen-bond acceptors (Lipinski definition) is 2. The van der Waals surface area contributed by atoms with E-state index in [9.17, 15) is 0 Å². The third-order valence-electron chi connectivity index (χ3n) is 2.69. The van der Waals surface area contributed by atoms with Crippen LogP contribution in [0.15, 0.2) is 22.7 Å². The van der Waals surface area contributed by atoms with Gasteiger partial charge in [-0.25, -0.2) is 0 Å². The Kier molecular flexibility index (Phi) is 4.23. The van der Waals surface area contributed by atoms with Gasteiger partial charge in [-0.3, -0.25) is 0 Å². The molecule has 3 nitrogen and oxygen atoms in total. The zero-order valence-electron chi connectivity index (χ0n) is 10.9. The Morgan fingerprint density at radius 1 is 1.26 bits per heavy atom. The van der Waals surface area contributed by atoms with Crippen LogP contribution in [0.4, 0.5) is 0 Å². The SMILES string of the molecule is CC(C)(C)n1c(CCl)nnc1-c1cc(Br)ccc1Cl. The number of aromatic nitrogens is 3. The van der Waals surface area contributed by atoms with Crippen LogP contribution in [0, 0.1) is 0 Å². The number of benzene rings is 1. The van der Waals surface area contributed by atoms with Gasteiger partial charge >= 0.3 is 0 Å². The second-order valence-electron chi connectivity index (χ2n) is 5.20. The molecule has 0 amide bonds. The van der Waals surface area contributed by atoms with E-state index in [1.807, 2.05) is 22.8 Å². The van der Waals surface area contributed by atoms with Crippen molar-refractivity contribution in [3.63, 3.8) is 0 Å². The van der Waals surface area contributed by atoms with Gasteiger partial charge in [0.25, 0.3) is 0 Å². The van der Waals surface area contributed by atoms with Crippen LogP contribution in [0.25, 0.3) is 11.4 Å². The van der Waals surface area contributed by atoms with Crippen molar-refractivity contribution in [3.8, 4) is 11.4 Å². The third-order valence-corrected chi connectivity index (χ3v) is 3.75. The summed E-state index contributed by atoms with van der Waals surface area (Å²) in [7, 11) is 0. The molecule has 1 heterocycles. The Hall–Kier alpha value is -0.580. The van der Waals surface area contributed by atoms with Crippen molar-refractivity contribution in [2.24, 2.45) is 0 Å². The number of halogens is 3. The van der Waals surface area contributed by atoms with Crippen LogP contribution in [0.5, 0.6) is 0 Å². The average Bonchev–Trinajstić information content (AvgIpc) is 2.75. The summed E-state index contributed by atoms with van der Waals surface area (Å²) >= 11 is 15.7. The second-order valence-corrected chi connectivity index (χ2v) is 6.79. The number of rotatable bonds is 2. The largest absolute Gasteiger partial charge is 0.305 e. The quantitative estimate of drug-likeness (QED) is 0.714. The molecule has 0 saturated heterocycles. The van der Waals surface area contributed by atoms with E-state index in [0.29, 0.717) is 10.9 Å². The average molecular weight is 363 g/mol. The van der Waals surface area contributed by atoms with Crippen LogP contribution in [0.1, 0.15) is 26.6 Å². The van der Waals surface area contributed by atoms with Crippen LogP contribution >= 0.6 is 39.1 Å². The molecule has 0 atom stereocenters. The van der Waals surface area contributed by atoms with Gasteiger partial charge in [0.2, 0.25) is 0 Å². The lowest BCUT2D eigenvalue weighted by Gasteiger charge is -2.24. The Bertz CT molecular complexity index is 602. The van der Waals surface area contributed by atoms with Crippen molar-refractivity contribution in [1.82, 2.24) is 14.8 Å². The first kappa shape index (κ1) is 14.8. The lowest BCUT2D eigenvalue weighted by Crippen LogP contribution is -2.24. The minimum Gasteiger partial charge on any atom is -0.305 e. The van der Waals surface area contributed by atoms with Crippen LogP contribution in [-0.2, 0) is 11.4 Å². The molecule has 0 radical (unpaired) electrons. The summed E-state index contributed by atoms with van der Waals surface area (Å²) in [4.78, 5) is 0. The minimum atomic E-state index is -0.172. The molecule has 0 bridgehead atoms. The number of nitrogens with zero attached hydrogens (tertiary/aromatic N) is 3. The zero-order valence-corrected chi connectivity index (χ0v) is 14.0. The molecule has 0 N–H and O–H groups in total. The van der Waals surface area contributed by atoms with E-state index < -0.39 is 0 Å². The normalized spacial score (nSPS) is 11.9. The topological polar surface area (TPSA) is 30.7 Å². The van der Waals surface area contributed by atoms with Gasteiger partial charge in [0.05, 0.1) is 10.9 Å². The fourth-order valence-corrected chi connectivity index (χ4v) is 2.69. The van der Waals surface area contributed by atoms with Gasteiger partial charge in [-0.05, 0) is 39.0 Å². The molecule has 2 rings (SSSR count). The molecule has 102 valence electrons. The highest BCUT2D eigenvalue weighted by Gasteiger charge is 2.24. The molecule has 0 aliphatic carbocycles. The Labute approximate surface area is 131 Å². The van der Waals surface area contributed by atoms with Gasteiger partial charge in [-0.2, -0.15) is 0 Å². The monoisotopic (exact) mass is 361 g/mol. The third kappa shape index (κ3) is 2.96. The molecule has 0 unspecified atom stereocenters. The van der Waals surface area contributed by atoms with Gasteiger partial charge in [-0.1, -0.05) is 27.5 Å². The molecule has 0 aliphatic rings.